The lowest BCUT2D eigenvalue weighted by molar-refractivity contribution is -0.157. The van der Waals surface area contributed by atoms with Crippen molar-refractivity contribution >= 4 is 11.9 Å². The number of carbonyl (C=O) groups is 2. The van der Waals surface area contributed by atoms with Crippen molar-refractivity contribution in [1.29, 1.82) is 0 Å². The lowest BCUT2D eigenvalue weighted by atomic mass is 9.74. The summed E-state index contributed by atoms with van der Waals surface area (Å²) in [6.07, 6.45) is 0.506. The zero-order valence-corrected chi connectivity index (χ0v) is 14.4. The first-order chi connectivity index (χ1) is 12.0. The zero-order chi connectivity index (χ0) is 17.9. The van der Waals surface area contributed by atoms with E-state index in [4.69, 9.17) is 9.47 Å². The minimum absolute atomic E-state index is 0.0548. The first-order valence-electron chi connectivity index (χ1n) is 8.47. The van der Waals surface area contributed by atoms with Crippen molar-refractivity contribution in [3.8, 4) is 5.75 Å². The molecular weight excluding hydrogens is 324 g/mol. The number of ether oxygens (including phenoxy) is 2. The number of hydrogen-bond acceptors (Lipinski definition) is 5. The van der Waals surface area contributed by atoms with E-state index in [0.717, 1.165) is 11.3 Å². The second-order valence-corrected chi connectivity index (χ2v) is 6.74. The number of nitrogens with zero attached hydrogens (tertiary/aromatic N) is 1. The molecule has 1 amide bonds. The van der Waals surface area contributed by atoms with E-state index < -0.39 is 11.4 Å². The Morgan fingerprint density at radius 2 is 2.24 bits per heavy atom. The smallest absolute Gasteiger partial charge is 0.311 e. The summed E-state index contributed by atoms with van der Waals surface area (Å²) in [7, 11) is 1.60. The fourth-order valence-electron chi connectivity index (χ4n) is 3.83. The molecule has 2 saturated heterocycles. The largest absolute Gasteiger partial charge is 0.496 e. The van der Waals surface area contributed by atoms with Crippen LogP contribution in [0.15, 0.2) is 24.3 Å². The van der Waals surface area contributed by atoms with Crippen molar-refractivity contribution in [3.05, 3.63) is 29.8 Å². The van der Waals surface area contributed by atoms with Gasteiger partial charge in [0.1, 0.15) is 5.75 Å². The van der Waals surface area contributed by atoms with E-state index >= 15 is 0 Å². The first kappa shape index (κ1) is 17.7. The van der Waals surface area contributed by atoms with E-state index in [9.17, 15) is 14.7 Å². The highest BCUT2D eigenvalue weighted by molar-refractivity contribution is 5.79. The van der Waals surface area contributed by atoms with Crippen molar-refractivity contribution in [2.24, 2.45) is 11.3 Å². The predicted molar refractivity (Wildman–Crippen MR) is 90.3 cm³/mol. The van der Waals surface area contributed by atoms with Gasteiger partial charge in [-0.15, -0.1) is 0 Å². The third-order valence-electron chi connectivity index (χ3n) is 5.24. The molecule has 7 heteroatoms. The average Bonchev–Trinajstić information content (AvgIpc) is 2.99. The summed E-state index contributed by atoms with van der Waals surface area (Å²) in [5.74, 6) is -0.221. The number of aliphatic carboxylic acids is 1. The minimum atomic E-state index is -0.780. The standard InChI is InChI=1S/C18H24N2O5/c1-24-15-5-3-2-4-13(15)8-19-16(21)10-20-9-14-11-25-7-6-18(14,12-20)17(22)23/h2-5,14H,6-12H2,1H3,(H,19,21)(H,22,23)/t14-,18+/m1/s1. The number of likely N-dealkylation sites (tertiary alicyclic amines) is 1. The molecule has 0 aromatic heterocycles. The Bertz CT molecular complexity index is 650. The lowest BCUT2D eigenvalue weighted by Crippen LogP contribution is -2.45. The molecule has 25 heavy (non-hydrogen) atoms. The van der Waals surface area contributed by atoms with Crippen molar-refractivity contribution < 1.29 is 24.2 Å². The van der Waals surface area contributed by atoms with Crippen LogP contribution in [0.3, 0.4) is 0 Å². The number of hydrogen-bond donors (Lipinski definition) is 2. The van der Waals surface area contributed by atoms with Crippen molar-refractivity contribution in [1.82, 2.24) is 10.2 Å². The van der Waals surface area contributed by atoms with Crippen LogP contribution in [0.2, 0.25) is 0 Å². The Hall–Kier alpha value is -2.12. The van der Waals surface area contributed by atoms with Crippen molar-refractivity contribution in [2.45, 2.75) is 13.0 Å². The molecule has 2 N–H and O–H groups in total. The molecule has 0 bridgehead atoms. The molecule has 3 rings (SSSR count). The van der Waals surface area contributed by atoms with Gasteiger partial charge in [0.2, 0.25) is 5.91 Å². The summed E-state index contributed by atoms with van der Waals surface area (Å²) >= 11 is 0. The number of fused-ring (bicyclic) bond motifs is 1. The molecule has 0 saturated carbocycles. The van der Waals surface area contributed by atoms with Crippen LogP contribution in [0.4, 0.5) is 0 Å². The number of carboxylic acids is 1. The summed E-state index contributed by atoms with van der Waals surface area (Å²) in [6, 6.07) is 7.53. The molecule has 136 valence electrons. The highest BCUT2D eigenvalue weighted by Gasteiger charge is 2.53. The topological polar surface area (TPSA) is 88.1 Å². The van der Waals surface area contributed by atoms with Crippen molar-refractivity contribution in [2.75, 3.05) is 40.0 Å². The fraction of sp³-hybridized carbons (Fsp3) is 0.556. The maximum absolute atomic E-state index is 12.3. The van der Waals surface area contributed by atoms with Gasteiger partial charge >= 0.3 is 5.97 Å². The molecule has 1 aromatic rings. The molecule has 0 aliphatic carbocycles. The number of benzene rings is 1. The van der Waals surface area contributed by atoms with Gasteiger partial charge in [-0.1, -0.05) is 18.2 Å². The maximum Gasteiger partial charge on any atom is 0.311 e. The van der Waals surface area contributed by atoms with Gasteiger partial charge in [0, 0.05) is 37.7 Å². The van der Waals surface area contributed by atoms with Crippen LogP contribution in [-0.4, -0.2) is 61.8 Å². The van der Waals surface area contributed by atoms with Gasteiger partial charge in [0.15, 0.2) is 0 Å². The quantitative estimate of drug-likeness (QED) is 0.788. The summed E-state index contributed by atoms with van der Waals surface area (Å²) in [6.45, 7) is 2.48. The van der Waals surface area contributed by atoms with Gasteiger partial charge < -0.3 is 19.9 Å². The van der Waals surface area contributed by atoms with E-state index in [1.165, 1.54) is 0 Å². The highest BCUT2D eigenvalue weighted by Crippen LogP contribution is 2.42. The number of methoxy groups -OCH3 is 1. The Kier molecular flexibility index (Phi) is 5.24. The minimum Gasteiger partial charge on any atom is -0.496 e. The Balaban J connectivity index is 1.56. The van der Waals surface area contributed by atoms with Crippen molar-refractivity contribution in [3.63, 3.8) is 0 Å². The molecule has 0 spiro atoms. The summed E-state index contributed by atoms with van der Waals surface area (Å²) in [5, 5.41) is 12.5. The molecule has 2 fully saturated rings. The number of nitrogens with one attached hydrogen (secondary N) is 1. The van der Waals surface area contributed by atoms with Crippen LogP contribution in [0.1, 0.15) is 12.0 Å². The molecule has 2 aliphatic heterocycles. The normalized spacial score (nSPS) is 26.0. The Morgan fingerprint density at radius 3 is 2.96 bits per heavy atom. The average molecular weight is 348 g/mol. The van der Waals surface area contributed by atoms with Crippen LogP contribution in [0.25, 0.3) is 0 Å². The van der Waals surface area contributed by atoms with Gasteiger partial charge in [-0.25, -0.2) is 0 Å². The molecule has 0 unspecified atom stereocenters. The summed E-state index contributed by atoms with van der Waals surface area (Å²) in [4.78, 5) is 26.0. The van der Waals surface area contributed by atoms with E-state index in [2.05, 4.69) is 5.32 Å². The second-order valence-electron chi connectivity index (χ2n) is 6.74. The Labute approximate surface area is 146 Å². The predicted octanol–water partition coefficient (Wildman–Crippen LogP) is 0.734. The van der Waals surface area contributed by atoms with Crippen LogP contribution in [-0.2, 0) is 20.9 Å². The molecule has 2 atom stereocenters. The SMILES string of the molecule is COc1ccccc1CNC(=O)CN1C[C@@H]2COCC[C@]2(C(=O)O)C1. The van der Waals surface area contributed by atoms with Crippen LogP contribution < -0.4 is 10.1 Å². The van der Waals surface area contributed by atoms with E-state index in [1.54, 1.807) is 7.11 Å². The Morgan fingerprint density at radius 1 is 1.44 bits per heavy atom. The molecule has 7 nitrogen and oxygen atoms in total. The van der Waals surface area contributed by atoms with E-state index in [1.807, 2.05) is 29.2 Å². The van der Waals surface area contributed by atoms with Crippen LogP contribution in [0, 0.1) is 11.3 Å². The monoisotopic (exact) mass is 348 g/mol. The van der Waals surface area contributed by atoms with Gasteiger partial charge in [0.05, 0.1) is 25.7 Å². The third-order valence-corrected chi connectivity index (χ3v) is 5.24. The number of para-hydroxylation sites is 1. The van der Waals surface area contributed by atoms with Gasteiger partial charge in [-0.05, 0) is 12.5 Å². The van der Waals surface area contributed by atoms with E-state index in [-0.39, 0.29) is 18.4 Å². The molecule has 0 radical (unpaired) electrons. The number of amides is 1. The maximum atomic E-state index is 12.3. The van der Waals surface area contributed by atoms with Crippen LogP contribution in [0.5, 0.6) is 5.75 Å². The number of carboxylic acid groups (broad SMARTS) is 1. The fourth-order valence-corrected chi connectivity index (χ4v) is 3.83. The summed E-state index contributed by atoms with van der Waals surface area (Å²) < 4.78 is 10.7. The molecule has 2 aliphatic rings. The lowest BCUT2D eigenvalue weighted by Gasteiger charge is -2.34. The van der Waals surface area contributed by atoms with Gasteiger partial charge in [0.25, 0.3) is 0 Å². The number of carbonyl (C=O) groups excluding carboxylic acids is 1. The molecule has 2 heterocycles. The highest BCUT2D eigenvalue weighted by atomic mass is 16.5. The summed E-state index contributed by atoms with van der Waals surface area (Å²) in [5.41, 5.74) is 0.130. The van der Waals surface area contributed by atoms with E-state index in [0.29, 0.717) is 39.3 Å². The molecule has 1 aromatic carbocycles. The zero-order valence-electron chi connectivity index (χ0n) is 14.4. The first-order valence-corrected chi connectivity index (χ1v) is 8.47. The number of rotatable bonds is 6. The van der Waals surface area contributed by atoms with Gasteiger partial charge in [-0.3, -0.25) is 14.5 Å². The molecular formula is C18H24N2O5. The van der Waals surface area contributed by atoms with Crippen LogP contribution >= 0.6 is 0 Å². The third kappa shape index (κ3) is 3.62. The second kappa shape index (κ2) is 7.41. The van der Waals surface area contributed by atoms with Gasteiger partial charge in [-0.2, -0.15) is 0 Å².